The van der Waals surface area contributed by atoms with Crippen molar-refractivity contribution in [2.24, 2.45) is 0 Å². The number of ether oxygens (including phenoxy) is 1. The van der Waals surface area contributed by atoms with Gasteiger partial charge in [0.2, 0.25) is 5.91 Å². The molecule has 7 nitrogen and oxygen atoms in total. The minimum absolute atomic E-state index is 0.120. The van der Waals surface area contributed by atoms with Crippen molar-refractivity contribution in [1.29, 1.82) is 0 Å². The second-order valence-electron chi connectivity index (χ2n) is 5.90. The van der Waals surface area contributed by atoms with Gasteiger partial charge in [-0.15, -0.1) is 0 Å². The Morgan fingerprint density at radius 3 is 2.48 bits per heavy atom. The number of benzene rings is 1. The molecule has 2 amide bonds. The fraction of sp³-hybridized carbons (Fsp3) is 0.333. The molecular weight excluding hydrogens is 324 g/mol. The van der Waals surface area contributed by atoms with Crippen LogP contribution in [0, 0.1) is 0 Å². The molecule has 0 aliphatic carbocycles. The number of furan rings is 1. The third-order valence-electron chi connectivity index (χ3n) is 3.99. The van der Waals surface area contributed by atoms with Gasteiger partial charge in [0, 0.05) is 39.2 Å². The molecule has 1 saturated heterocycles. The summed E-state index contributed by atoms with van der Waals surface area (Å²) in [5, 5.41) is 10.0. The van der Waals surface area contributed by atoms with E-state index in [0.717, 1.165) is 0 Å². The predicted molar refractivity (Wildman–Crippen MR) is 89.4 cm³/mol. The largest absolute Gasteiger partial charge is 0.426 e. The number of carbonyl (C=O) groups is 2. The lowest BCUT2D eigenvalue weighted by atomic mass is 10.3. The fourth-order valence-corrected chi connectivity index (χ4v) is 2.71. The molecule has 2 heterocycles. The van der Waals surface area contributed by atoms with Gasteiger partial charge in [-0.2, -0.15) is 0 Å². The van der Waals surface area contributed by atoms with Crippen LogP contribution in [-0.4, -0.2) is 59.0 Å². The van der Waals surface area contributed by atoms with Gasteiger partial charge in [0.15, 0.2) is 5.76 Å². The Morgan fingerprint density at radius 2 is 1.76 bits per heavy atom. The van der Waals surface area contributed by atoms with E-state index in [1.165, 1.54) is 16.7 Å². The first-order chi connectivity index (χ1) is 12.0. The number of β-amino-alcohol motifs (C(OH)–C–C–N with tert-alkyl or cyclic N) is 1. The average Bonchev–Trinajstić information content (AvgIpc) is 2.96. The molecule has 1 atom stereocenters. The first kappa shape index (κ1) is 17.0. The Balaban J connectivity index is 1.67. The maximum atomic E-state index is 12.6. The molecule has 1 aliphatic heterocycles. The highest BCUT2D eigenvalue weighted by Gasteiger charge is 2.27. The van der Waals surface area contributed by atoms with Crippen LogP contribution in [0.15, 0.2) is 46.9 Å². The highest BCUT2D eigenvalue weighted by atomic mass is 16.6. The molecule has 1 unspecified atom stereocenters. The molecule has 0 radical (unpaired) electrons. The topological polar surface area (TPSA) is 83.2 Å². The molecular formula is C18H20N2O5. The van der Waals surface area contributed by atoms with E-state index in [2.05, 4.69) is 0 Å². The van der Waals surface area contributed by atoms with E-state index in [1.54, 1.807) is 24.3 Å². The number of nitrogens with zero attached hydrogens (tertiary/aromatic N) is 2. The van der Waals surface area contributed by atoms with Gasteiger partial charge in [0.05, 0.1) is 6.10 Å². The first-order valence-corrected chi connectivity index (χ1v) is 8.08. The lowest BCUT2D eigenvalue weighted by Crippen LogP contribution is -2.37. The number of amides is 2. The molecule has 1 aliphatic rings. The molecule has 0 bridgehead atoms. The highest BCUT2D eigenvalue weighted by molar-refractivity contribution is 5.91. The lowest BCUT2D eigenvalue weighted by Gasteiger charge is -2.20. The summed E-state index contributed by atoms with van der Waals surface area (Å²) in [6.45, 7) is 2.54. The highest BCUT2D eigenvalue weighted by Crippen LogP contribution is 2.24. The van der Waals surface area contributed by atoms with Crippen molar-refractivity contribution in [3.63, 3.8) is 0 Å². The van der Waals surface area contributed by atoms with Crippen LogP contribution in [0.2, 0.25) is 0 Å². The smallest absolute Gasteiger partial charge is 0.290 e. The third-order valence-corrected chi connectivity index (χ3v) is 3.99. The maximum absolute atomic E-state index is 12.6. The lowest BCUT2D eigenvalue weighted by molar-refractivity contribution is -0.129. The van der Waals surface area contributed by atoms with Crippen LogP contribution in [0.1, 0.15) is 17.5 Å². The maximum Gasteiger partial charge on any atom is 0.290 e. The van der Waals surface area contributed by atoms with Crippen molar-refractivity contribution in [3.05, 3.63) is 48.2 Å². The van der Waals surface area contributed by atoms with Crippen molar-refractivity contribution in [3.8, 4) is 11.7 Å². The summed E-state index contributed by atoms with van der Waals surface area (Å²) in [6, 6.07) is 12.2. The third kappa shape index (κ3) is 4.19. The summed E-state index contributed by atoms with van der Waals surface area (Å²) in [7, 11) is 0. The standard InChI is InChI=1S/C18H20N2O5/c1-13(21)19-9-10-20(12-14(22)11-19)18(23)16-7-8-17(25-16)24-15-5-3-2-4-6-15/h2-8,14,22H,9-12H2,1H3. The van der Waals surface area contributed by atoms with E-state index in [1.807, 2.05) is 18.2 Å². The van der Waals surface area contributed by atoms with Gasteiger partial charge < -0.3 is 24.1 Å². The first-order valence-electron chi connectivity index (χ1n) is 8.08. The van der Waals surface area contributed by atoms with Crippen molar-refractivity contribution in [1.82, 2.24) is 9.80 Å². The zero-order valence-corrected chi connectivity index (χ0v) is 13.9. The Labute approximate surface area is 145 Å². The average molecular weight is 344 g/mol. The van der Waals surface area contributed by atoms with E-state index >= 15 is 0 Å². The summed E-state index contributed by atoms with van der Waals surface area (Å²) < 4.78 is 11.0. The number of hydrogen-bond donors (Lipinski definition) is 1. The molecule has 2 aromatic rings. The van der Waals surface area contributed by atoms with Crippen LogP contribution in [0.3, 0.4) is 0 Å². The minimum Gasteiger partial charge on any atom is -0.426 e. The molecule has 3 rings (SSSR count). The van der Waals surface area contributed by atoms with Crippen molar-refractivity contribution in [2.45, 2.75) is 13.0 Å². The Hall–Kier alpha value is -2.80. The summed E-state index contributed by atoms with van der Waals surface area (Å²) in [6.07, 6.45) is -0.787. The van der Waals surface area contributed by atoms with Gasteiger partial charge in [-0.1, -0.05) is 18.2 Å². The SMILES string of the molecule is CC(=O)N1CCN(C(=O)c2ccc(Oc3ccccc3)o2)CC(O)C1. The van der Waals surface area contributed by atoms with Crippen LogP contribution >= 0.6 is 0 Å². The number of hydrogen-bond acceptors (Lipinski definition) is 5. The number of carbonyl (C=O) groups excluding carboxylic acids is 2. The summed E-state index contributed by atoms with van der Waals surface area (Å²) >= 11 is 0. The van der Waals surface area contributed by atoms with E-state index in [4.69, 9.17) is 9.15 Å². The second-order valence-corrected chi connectivity index (χ2v) is 5.90. The van der Waals surface area contributed by atoms with Crippen LogP contribution in [0.25, 0.3) is 0 Å². The zero-order valence-electron chi connectivity index (χ0n) is 13.9. The molecule has 1 aromatic carbocycles. The van der Waals surface area contributed by atoms with Gasteiger partial charge >= 0.3 is 0 Å². The molecule has 1 N–H and O–H groups in total. The van der Waals surface area contributed by atoms with E-state index < -0.39 is 6.10 Å². The van der Waals surface area contributed by atoms with Crippen molar-refractivity contribution < 1.29 is 23.8 Å². The summed E-state index contributed by atoms with van der Waals surface area (Å²) in [4.78, 5) is 27.1. The van der Waals surface area contributed by atoms with Gasteiger partial charge in [-0.05, 0) is 18.2 Å². The van der Waals surface area contributed by atoms with Gasteiger partial charge in [-0.25, -0.2) is 0 Å². The second kappa shape index (κ2) is 7.40. The molecule has 0 spiro atoms. The van der Waals surface area contributed by atoms with Crippen LogP contribution in [0.4, 0.5) is 0 Å². The van der Waals surface area contributed by atoms with Crippen LogP contribution in [0.5, 0.6) is 11.7 Å². The summed E-state index contributed by atoms with van der Waals surface area (Å²) in [5.74, 6) is 0.500. The molecule has 132 valence electrons. The number of para-hydroxylation sites is 1. The Morgan fingerprint density at radius 1 is 1.08 bits per heavy atom. The Kier molecular flexibility index (Phi) is 5.04. The van der Waals surface area contributed by atoms with Gasteiger partial charge in [0.1, 0.15) is 5.75 Å². The molecule has 0 saturated carbocycles. The molecule has 1 aromatic heterocycles. The van der Waals surface area contributed by atoms with E-state index in [-0.39, 0.29) is 36.6 Å². The predicted octanol–water partition coefficient (Wildman–Crippen LogP) is 1.74. The molecule has 7 heteroatoms. The fourth-order valence-electron chi connectivity index (χ4n) is 2.71. The number of aliphatic hydroxyl groups excluding tert-OH is 1. The number of rotatable bonds is 3. The van der Waals surface area contributed by atoms with Crippen LogP contribution in [-0.2, 0) is 4.79 Å². The number of aliphatic hydroxyl groups is 1. The monoisotopic (exact) mass is 344 g/mol. The Bertz CT molecular complexity index is 743. The van der Waals surface area contributed by atoms with E-state index in [9.17, 15) is 14.7 Å². The van der Waals surface area contributed by atoms with Crippen LogP contribution < -0.4 is 4.74 Å². The quantitative estimate of drug-likeness (QED) is 0.917. The van der Waals surface area contributed by atoms with Crippen molar-refractivity contribution >= 4 is 11.8 Å². The van der Waals surface area contributed by atoms with Crippen molar-refractivity contribution in [2.75, 3.05) is 26.2 Å². The van der Waals surface area contributed by atoms with Gasteiger partial charge in [0.25, 0.3) is 11.9 Å². The van der Waals surface area contributed by atoms with Gasteiger partial charge in [-0.3, -0.25) is 9.59 Å². The zero-order chi connectivity index (χ0) is 17.8. The normalized spacial score (nSPS) is 17.9. The van der Waals surface area contributed by atoms with E-state index in [0.29, 0.717) is 18.8 Å². The molecule has 25 heavy (non-hydrogen) atoms. The minimum atomic E-state index is -0.787. The molecule has 1 fully saturated rings. The summed E-state index contributed by atoms with van der Waals surface area (Å²) in [5.41, 5.74) is 0.